The molecule has 0 aliphatic carbocycles. The number of nitrogens with two attached hydrogens (primary N) is 1. The molecule has 5 heteroatoms. The third kappa shape index (κ3) is 4.56. The first-order valence-electron chi connectivity index (χ1n) is 7.54. The summed E-state index contributed by atoms with van der Waals surface area (Å²) in [5.41, 5.74) is 5.38. The lowest BCUT2D eigenvalue weighted by atomic mass is 9.84. The molecule has 0 saturated heterocycles. The molecule has 1 atom stereocenters. The third-order valence-electron chi connectivity index (χ3n) is 3.92. The highest BCUT2D eigenvalue weighted by Crippen LogP contribution is 2.28. The Morgan fingerprint density at radius 3 is 2.45 bits per heavy atom. The van der Waals surface area contributed by atoms with E-state index in [1.165, 1.54) is 0 Å². The fourth-order valence-electron chi connectivity index (χ4n) is 2.18. The summed E-state index contributed by atoms with van der Waals surface area (Å²) in [5, 5.41) is 4.09. The van der Waals surface area contributed by atoms with Crippen molar-refractivity contribution >= 4 is 0 Å². The van der Waals surface area contributed by atoms with Gasteiger partial charge in [-0.2, -0.15) is 4.98 Å². The lowest BCUT2D eigenvalue weighted by Gasteiger charge is -2.24. The number of ether oxygens (including phenoxy) is 1. The molecule has 0 bridgehead atoms. The minimum Gasteiger partial charge on any atom is -0.367 e. The summed E-state index contributed by atoms with van der Waals surface area (Å²) < 4.78 is 11.1. The highest BCUT2D eigenvalue weighted by Gasteiger charge is 2.31. The van der Waals surface area contributed by atoms with Crippen molar-refractivity contribution in [2.45, 2.75) is 65.9 Å². The predicted octanol–water partition coefficient (Wildman–Crippen LogP) is 3.04. The van der Waals surface area contributed by atoms with E-state index in [4.69, 9.17) is 15.0 Å². The standard InChI is InChI=1S/C15H29N3O2/c1-6-15(5,19-7-2)13-17-12(20-18-13)8-9-14(3,4)10-11-16/h6-11,16H2,1-5H3. The monoisotopic (exact) mass is 283 g/mol. The maximum Gasteiger partial charge on any atom is 0.226 e. The topological polar surface area (TPSA) is 74.2 Å². The van der Waals surface area contributed by atoms with Gasteiger partial charge in [0.25, 0.3) is 0 Å². The molecule has 0 spiro atoms. The van der Waals surface area contributed by atoms with Crippen molar-refractivity contribution in [1.82, 2.24) is 10.1 Å². The largest absolute Gasteiger partial charge is 0.367 e. The maximum atomic E-state index is 5.76. The quantitative estimate of drug-likeness (QED) is 0.754. The molecule has 20 heavy (non-hydrogen) atoms. The minimum atomic E-state index is -0.455. The van der Waals surface area contributed by atoms with E-state index in [0.29, 0.717) is 24.9 Å². The molecule has 0 radical (unpaired) electrons. The smallest absolute Gasteiger partial charge is 0.226 e. The molecule has 1 unspecified atom stereocenters. The van der Waals surface area contributed by atoms with Gasteiger partial charge in [-0.05, 0) is 45.1 Å². The molecular formula is C15H29N3O2. The van der Waals surface area contributed by atoms with Gasteiger partial charge >= 0.3 is 0 Å². The van der Waals surface area contributed by atoms with Crippen LogP contribution in [0.1, 0.15) is 65.6 Å². The Hall–Kier alpha value is -0.940. The van der Waals surface area contributed by atoms with Crippen molar-refractivity contribution in [3.8, 4) is 0 Å². The van der Waals surface area contributed by atoms with Gasteiger partial charge in [-0.1, -0.05) is 25.9 Å². The Morgan fingerprint density at radius 2 is 1.90 bits per heavy atom. The fraction of sp³-hybridized carbons (Fsp3) is 0.867. The van der Waals surface area contributed by atoms with Gasteiger partial charge in [0.15, 0.2) is 0 Å². The minimum absolute atomic E-state index is 0.206. The first-order valence-corrected chi connectivity index (χ1v) is 7.54. The van der Waals surface area contributed by atoms with Crippen LogP contribution in [0.2, 0.25) is 0 Å². The average Bonchev–Trinajstić information content (AvgIpc) is 2.86. The van der Waals surface area contributed by atoms with Crippen molar-refractivity contribution in [3.05, 3.63) is 11.7 Å². The second-order valence-corrected chi connectivity index (χ2v) is 6.23. The van der Waals surface area contributed by atoms with Crippen LogP contribution in [0.15, 0.2) is 4.52 Å². The van der Waals surface area contributed by atoms with E-state index in [0.717, 1.165) is 25.7 Å². The van der Waals surface area contributed by atoms with Gasteiger partial charge in [-0.3, -0.25) is 0 Å². The lowest BCUT2D eigenvalue weighted by molar-refractivity contribution is -0.0403. The Kier molecular flexibility index (Phi) is 6.14. The van der Waals surface area contributed by atoms with E-state index < -0.39 is 5.60 Å². The summed E-state index contributed by atoms with van der Waals surface area (Å²) >= 11 is 0. The predicted molar refractivity (Wildman–Crippen MR) is 79.3 cm³/mol. The molecule has 1 aromatic rings. The van der Waals surface area contributed by atoms with E-state index >= 15 is 0 Å². The van der Waals surface area contributed by atoms with Crippen molar-refractivity contribution in [1.29, 1.82) is 0 Å². The van der Waals surface area contributed by atoms with Gasteiger partial charge < -0.3 is 15.0 Å². The summed E-state index contributed by atoms with van der Waals surface area (Å²) in [6.45, 7) is 11.8. The zero-order chi connectivity index (χ0) is 15.2. The third-order valence-corrected chi connectivity index (χ3v) is 3.92. The molecule has 0 aromatic carbocycles. The van der Waals surface area contributed by atoms with Crippen LogP contribution in [0.5, 0.6) is 0 Å². The molecule has 1 heterocycles. The molecule has 0 aliphatic heterocycles. The molecule has 2 N–H and O–H groups in total. The number of rotatable bonds is 9. The normalized spacial score (nSPS) is 15.3. The SMILES string of the molecule is CCOC(C)(CC)c1noc(CCC(C)(C)CCN)n1. The highest BCUT2D eigenvalue weighted by molar-refractivity contribution is 4.99. The Balaban J connectivity index is 2.68. The van der Waals surface area contributed by atoms with Crippen LogP contribution >= 0.6 is 0 Å². The number of aromatic nitrogens is 2. The summed E-state index contributed by atoms with van der Waals surface area (Å²) in [6.07, 6.45) is 3.59. The van der Waals surface area contributed by atoms with Crippen LogP contribution in [0, 0.1) is 5.41 Å². The van der Waals surface area contributed by atoms with Crippen LogP contribution in [0.25, 0.3) is 0 Å². The number of hydrogen-bond acceptors (Lipinski definition) is 5. The first kappa shape index (κ1) is 17.1. The first-order chi connectivity index (χ1) is 9.37. The van der Waals surface area contributed by atoms with E-state index in [2.05, 4.69) is 30.9 Å². The average molecular weight is 283 g/mol. The molecule has 1 aromatic heterocycles. The molecule has 1 rings (SSSR count). The molecule has 116 valence electrons. The van der Waals surface area contributed by atoms with Crippen LogP contribution in [-0.4, -0.2) is 23.3 Å². The summed E-state index contributed by atoms with van der Waals surface area (Å²) in [7, 11) is 0. The molecule has 0 amide bonds. The Morgan fingerprint density at radius 1 is 1.20 bits per heavy atom. The van der Waals surface area contributed by atoms with Crippen LogP contribution in [0.3, 0.4) is 0 Å². The number of nitrogens with zero attached hydrogens (tertiary/aromatic N) is 2. The fourth-order valence-corrected chi connectivity index (χ4v) is 2.18. The van der Waals surface area contributed by atoms with E-state index in [1.54, 1.807) is 0 Å². The van der Waals surface area contributed by atoms with Gasteiger partial charge in [0.05, 0.1) is 0 Å². The highest BCUT2D eigenvalue weighted by atomic mass is 16.5. The van der Waals surface area contributed by atoms with Crippen molar-refractivity contribution in [3.63, 3.8) is 0 Å². The van der Waals surface area contributed by atoms with Gasteiger partial charge in [0.2, 0.25) is 11.7 Å². The zero-order valence-corrected chi connectivity index (χ0v) is 13.5. The van der Waals surface area contributed by atoms with E-state index in [1.807, 2.05) is 13.8 Å². The van der Waals surface area contributed by atoms with Crippen molar-refractivity contribution < 1.29 is 9.26 Å². The number of aryl methyl sites for hydroxylation is 1. The molecule has 0 aliphatic rings. The van der Waals surface area contributed by atoms with Crippen LogP contribution < -0.4 is 5.73 Å². The van der Waals surface area contributed by atoms with Crippen molar-refractivity contribution in [2.24, 2.45) is 11.1 Å². The summed E-state index contributed by atoms with van der Waals surface area (Å²) in [6, 6.07) is 0. The molecule has 5 nitrogen and oxygen atoms in total. The Labute approximate surface area is 122 Å². The van der Waals surface area contributed by atoms with Gasteiger partial charge in [-0.15, -0.1) is 0 Å². The second kappa shape index (κ2) is 7.18. The molecule has 0 saturated carbocycles. The second-order valence-electron chi connectivity index (χ2n) is 6.23. The summed E-state index contributed by atoms with van der Waals surface area (Å²) in [5.74, 6) is 1.33. The lowest BCUT2D eigenvalue weighted by Crippen LogP contribution is -2.26. The zero-order valence-electron chi connectivity index (χ0n) is 13.5. The maximum absolute atomic E-state index is 5.76. The van der Waals surface area contributed by atoms with Gasteiger partial charge in [0, 0.05) is 13.0 Å². The van der Waals surface area contributed by atoms with Gasteiger partial charge in [0.1, 0.15) is 5.60 Å². The van der Waals surface area contributed by atoms with Crippen molar-refractivity contribution in [2.75, 3.05) is 13.2 Å². The van der Waals surface area contributed by atoms with E-state index in [9.17, 15) is 0 Å². The molecule has 0 fully saturated rings. The number of hydrogen-bond donors (Lipinski definition) is 1. The Bertz CT molecular complexity index is 404. The van der Waals surface area contributed by atoms with E-state index in [-0.39, 0.29) is 5.41 Å². The van der Waals surface area contributed by atoms with Crippen LogP contribution in [0.4, 0.5) is 0 Å². The molecular weight excluding hydrogens is 254 g/mol. The van der Waals surface area contributed by atoms with Crippen LogP contribution in [-0.2, 0) is 16.8 Å². The summed E-state index contributed by atoms with van der Waals surface area (Å²) in [4.78, 5) is 4.50. The van der Waals surface area contributed by atoms with Gasteiger partial charge in [-0.25, -0.2) is 0 Å².